The van der Waals surface area contributed by atoms with Crippen molar-refractivity contribution >= 4 is 34.9 Å². The van der Waals surface area contributed by atoms with Gasteiger partial charge in [-0.1, -0.05) is 19.8 Å². The predicted octanol–water partition coefficient (Wildman–Crippen LogP) is 1.51. The van der Waals surface area contributed by atoms with Gasteiger partial charge in [0.2, 0.25) is 5.91 Å². The molecule has 3 N–H and O–H groups in total. The predicted molar refractivity (Wildman–Crippen MR) is 95.6 cm³/mol. The number of carbonyl (C=O) groups excluding carboxylic acids is 2. The molecule has 1 saturated heterocycles. The fourth-order valence-electron chi connectivity index (χ4n) is 2.32. The largest absolute Gasteiger partial charge is 0.350 e. The Bertz CT molecular complexity index is 633. The normalized spacial score (nSPS) is 17.4. The monoisotopic (exact) mass is 347 g/mol. The minimum absolute atomic E-state index is 0.163. The van der Waals surface area contributed by atoms with Crippen molar-refractivity contribution in [3.05, 3.63) is 30.1 Å². The van der Waals surface area contributed by atoms with Crippen molar-refractivity contribution in [2.45, 2.75) is 45.1 Å². The summed E-state index contributed by atoms with van der Waals surface area (Å²) in [6.07, 6.45) is 7.35. The van der Waals surface area contributed by atoms with E-state index < -0.39 is 6.04 Å². The number of hydrazone groups is 1. The fraction of sp³-hybridized carbons (Fsp3) is 0.438. The quantitative estimate of drug-likeness (QED) is 0.287. The smallest absolute Gasteiger partial charge is 0.271 e. The Labute approximate surface area is 146 Å². The summed E-state index contributed by atoms with van der Waals surface area (Å²) in [5.74, 6) is -0.464. The van der Waals surface area contributed by atoms with Crippen LogP contribution in [0.3, 0.4) is 0 Å². The first kappa shape index (κ1) is 18.0. The van der Waals surface area contributed by atoms with Crippen molar-refractivity contribution < 1.29 is 9.59 Å². The first-order chi connectivity index (χ1) is 11.6. The van der Waals surface area contributed by atoms with Crippen molar-refractivity contribution in [3.63, 3.8) is 0 Å². The number of nitrogens with one attached hydrogen (secondary N) is 3. The molecule has 0 spiro atoms. The molecule has 0 aromatic carbocycles. The Balaban J connectivity index is 2.00. The second kappa shape index (κ2) is 9.07. The van der Waals surface area contributed by atoms with Gasteiger partial charge < -0.3 is 10.6 Å². The second-order valence-electron chi connectivity index (χ2n) is 5.53. The minimum atomic E-state index is -0.435. The molecule has 24 heavy (non-hydrogen) atoms. The molecule has 1 aliphatic heterocycles. The number of nitrogens with zero attached hydrogens (tertiary/aromatic N) is 2. The summed E-state index contributed by atoms with van der Waals surface area (Å²) in [6.45, 7) is 2.12. The van der Waals surface area contributed by atoms with Crippen LogP contribution >= 0.6 is 12.2 Å². The molecule has 0 bridgehead atoms. The lowest BCUT2D eigenvalue weighted by molar-refractivity contribution is -0.119. The van der Waals surface area contributed by atoms with E-state index in [9.17, 15) is 9.59 Å². The summed E-state index contributed by atoms with van der Waals surface area (Å²) in [6, 6.07) is 2.80. The second-order valence-corrected chi connectivity index (χ2v) is 5.94. The molecule has 7 nitrogen and oxygen atoms in total. The molecule has 1 aromatic heterocycles. The lowest BCUT2D eigenvalue weighted by Crippen LogP contribution is -2.32. The maximum Gasteiger partial charge on any atom is 0.271 e. The number of pyridine rings is 1. The molecule has 1 aliphatic rings. The molecule has 8 heteroatoms. The van der Waals surface area contributed by atoms with Crippen LogP contribution in [-0.4, -0.2) is 33.7 Å². The molecule has 1 aromatic rings. The van der Waals surface area contributed by atoms with E-state index in [0.717, 1.165) is 31.4 Å². The van der Waals surface area contributed by atoms with Crippen molar-refractivity contribution in [3.8, 4) is 0 Å². The first-order valence-electron chi connectivity index (χ1n) is 7.97. The Hall–Kier alpha value is -2.35. The Morgan fingerprint density at radius 2 is 2.12 bits per heavy atom. The van der Waals surface area contributed by atoms with Gasteiger partial charge in [0.25, 0.3) is 5.91 Å². The zero-order chi connectivity index (χ0) is 17.4. The van der Waals surface area contributed by atoms with E-state index >= 15 is 0 Å². The highest BCUT2D eigenvalue weighted by molar-refractivity contribution is 7.80. The fourth-order valence-corrected chi connectivity index (χ4v) is 2.56. The van der Waals surface area contributed by atoms with E-state index in [1.807, 2.05) is 0 Å². The topological polar surface area (TPSA) is 95.5 Å². The third kappa shape index (κ3) is 5.38. The first-order valence-corrected chi connectivity index (χ1v) is 8.38. The van der Waals surface area contributed by atoms with Crippen LogP contribution in [0.1, 0.15) is 49.4 Å². The van der Waals surface area contributed by atoms with Crippen LogP contribution in [0.4, 0.5) is 0 Å². The molecule has 2 amide bonds. The maximum absolute atomic E-state index is 12.1. The van der Waals surface area contributed by atoms with E-state index in [4.69, 9.17) is 12.2 Å². The van der Waals surface area contributed by atoms with Crippen molar-refractivity contribution in [1.29, 1.82) is 0 Å². The maximum atomic E-state index is 12.1. The summed E-state index contributed by atoms with van der Waals surface area (Å²) in [5, 5.41) is 10.0. The van der Waals surface area contributed by atoms with Crippen molar-refractivity contribution in [2.75, 3.05) is 0 Å². The molecule has 0 saturated carbocycles. The number of carbonyl (C=O) groups is 2. The number of hydrogen-bond acceptors (Lipinski definition) is 5. The summed E-state index contributed by atoms with van der Waals surface area (Å²) in [5.41, 5.74) is 3.81. The number of rotatable bonds is 8. The molecular formula is C16H21N5O2S. The van der Waals surface area contributed by atoms with Gasteiger partial charge in [-0.25, -0.2) is 5.43 Å². The average molecular weight is 347 g/mol. The molecule has 2 heterocycles. The summed E-state index contributed by atoms with van der Waals surface area (Å²) < 4.78 is 0. The lowest BCUT2D eigenvalue weighted by atomic mass is 10.0. The summed E-state index contributed by atoms with van der Waals surface area (Å²) in [7, 11) is 0. The molecule has 1 fully saturated rings. The van der Waals surface area contributed by atoms with Crippen LogP contribution in [0, 0.1) is 0 Å². The van der Waals surface area contributed by atoms with Crippen LogP contribution in [-0.2, 0) is 4.79 Å². The molecule has 128 valence electrons. The SMILES string of the molecule is CCCCC/C(C[C@H]1NC(=S)NC1=O)=N\NC(=O)c1ccncc1. The van der Waals surface area contributed by atoms with E-state index in [0.29, 0.717) is 17.1 Å². The van der Waals surface area contributed by atoms with Gasteiger partial charge in [-0.15, -0.1) is 0 Å². The molecule has 0 aliphatic carbocycles. The molecule has 0 unspecified atom stereocenters. The average Bonchev–Trinajstić information content (AvgIpc) is 2.90. The van der Waals surface area contributed by atoms with Crippen molar-refractivity contribution in [1.82, 2.24) is 21.0 Å². The van der Waals surface area contributed by atoms with E-state index in [2.05, 4.69) is 33.1 Å². The number of hydrogen-bond donors (Lipinski definition) is 3. The van der Waals surface area contributed by atoms with Gasteiger partial charge in [-0.2, -0.15) is 5.10 Å². The highest BCUT2D eigenvalue weighted by Gasteiger charge is 2.28. The third-order valence-electron chi connectivity index (χ3n) is 3.63. The van der Waals surface area contributed by atoms with Gasteiger partial charge in [0.05, 0.1) is 0 Å². The van der Waals surface area contributed by atoms with Gasteiger partial charge in [-0.3, -0.25) is 14.6 Å². The van der Waals surface area contributed by atoms with Gasteiger partial charge in [0.15, 0.2) is 5.11 Å². The van der Waals surface area contributed by atoms with Crippen LogP contribution in [0.25, 0.3) is 0 Å². The number of aromatic nitrogens is 1. The Morgan fingerprint density at radius 3 is 2.75 bits per heavy atom. The molecule has 1 atom stereocenters. The molecule has 0 radical (unpaired) electrons. The van der Waals surface area contributed by atoms with Crippen molar-refractivity contribution in [2.24, 2.45) is 5.10 Å². The zero-order valence-corrected chi connectivity index (χ0v) is 14.4. The minimum Gasteiger partial charge on any atom is -0.350 e. The van der Waals surface area contributed by atoms with Gasteiger partial charge in [0, 0.05) is 30.1 Å². The van der Waals surface area contributed by atoms with E-state index in [1.165, 1.54) is 0 Å². The lowest BCUT2D eigenvalue weighted by Gasteiger charge is -2.11. The van der Waals surface area contributed by atoms with Crippen LogP contribution in [0.15, 0.2) is 29.6 Å². The summed E-state index contributed by atoms with van der Waals surface area (Å²) in [4.78, 5) is 27.7. The van der Waals surface area contributed by atoms with Crippen LogP contribution in [0.2, 0.25) is 0 Å². The highest BCUT2D eigenvalue weighted by atomic mass is 32.1. The molecule has 2 rings (SSSR count). The summed E-state index contributed by atoms with van der Waals surface area (Å²) >= 11 is 4.94. The van der Waals surface area contributed by atoms with Crippen LogP contribution in [0.5, 0.6) is 0 Å². The standard InChI is InChI=1S/C16H21N5O2S/c1-2-3-4-5-12(10-13-15(23)19-16(24)18-13)20-21-14(22)11-6-8-17-9-7-11/h6-9,13H,2-5,10H2,1H3,(H,21,22)(H2,18,19,23,24)/b20-12+/t13-/m1/s1. The highest BCUT2D eigenvalue weighted by Crippen LogP contribution is 2.08. The zero-order valence-electron chi connectivity index (χ0n) is 13.5. The number of thiocarbonyl (C=S) groups is 1. The van der Waals surface area contributed by atoms with Gasteiger partial charge in [0.1, 0.15) is 6.04 Å². The van der Waals surface area contributed by atoms with E-state index in [1.54, 1.807) is 24.5 Å². The van der Waals surface area contributed by atoms with Crippen LogP contribution < -0.4 is 16.1 Å². The number of amides is 2. The Morgan fingerprint density at radius 1 is 1.38 bits per heavy atom. The molecular weight excluding hydrogens is 326 g/mol. The van der Waals surface area contributed by atoms with E-state index in [-0.39, 0.29) is 11.8 Å². The van der Waals surface area contributed by atoms with Gasteiger partial charge in [-0.05, 0) is 37.2 Å². The third-order valence-corrected chi connectivity index (χ3v) is 3.85. The number of unbranched alkanes of at least 4 members (excludes halogenated alkanes) is 2. The Kier molecular flexibility index (Phi) is 6.80. The van der Waals surface area contributed by atoms with Gasteiger partial charge >= 0.3 is 0 Å².